The van der Waals surface area contributed by atoms with Gasteiger partial charge < -0.3 is 9.47 Å². The molecular weight excluding hydrogens is 132 g/mol. The Kier molecular flexibility index (Phi) is 1.94. The molecule has 0 aromatic carbocycles. The molecule has 0 aromatic rings. The predicted molar refractivity (Wildman–Crippen MR) is 35.4 cm³/mol. The fourth-order valence-corrected chi connectivity index (χ4v) is 0.839. The molecule has 0 amide bonds. The topological polar surface area (TPSA) is 35.5 Å². The van der Waals surface area contributed by atoms with Crippen molar-refractivity contribution in [3.8, 4) is 0 Å². The lowest BCUT2D eigenvalue weighted by Gasteiger charge is -2.15. The van der Waals surface area contributed by atoms with Crippen molar-refractivity contribution in [2.24, 2.45) is 0 Å². The molecule has 0 spiro atoms. The Hall–Kier alpha value is -0.990. The molecule has 56 valence electrons. The average molecular weight is 142 g/mol. The molecule has 1 rings (SSSR count). The zero-order chi connectivity index (χ0) is 7.56. The van der Waals surface area contributed by atoms with Crippen LogP contribution >= 0.6 is 0 Å². The van der Waals surface area contributed by atoms with E-state index < -0.39 is 6.16 Å². The van der Waals surface area contributed by atoms with Crippen LogP contribution in [0.1, 0.15) is 20.3 Å². The summed E-state index contributed by atoms with van der Waals surface area (Å²) in [5, 5.41) is 0. The summed E-state index contributed by atoms with van der Waals surface area (Å²) in [6.07, 6.45) is 0.170. The van der Waals surface area contributed by atoms with E-state index in [0.29, 0.717) is 6.61 Å². The van der Waals surface area contributed by atoms with E-state index in [1.165, 1.54) is 0 Å². The van der Waals surface area contributed by atoms with E-state index in [-0.39, 0.29) is 0 Å². The third-order valence-electron chi connectivity index (χ3n) is 1.41. The standard InChI is InChI=1S/C7H10O3/c1-3-6-5(2)4-9-7(8)10-6/h3-4H2,1-2H3. The number of hydrogen-bond acceptors (Lipinski definition) is 3. The van der Waals surface area contributed by atoms with Gasteiger partial charge in [0.25, 0.3) is 0 Å². The van der Waals surface area contributed by atoms with Gasteiger partial charge in [-0.2, -0.15) is 0 Å². The SMILES string of the molecule is CCC1=C(C)COC(=O)O1. The lowest BCUT2D eigenvalue weighted by molar-refractivity contribution is 0.0663. The van der Waals surface area contributed by atoms with Crippen LogP contribution in [0.15, 0.2) is 11.3 Å². The Morgan fingerprint density at radius 1 is 1.60 bits per heavy atom. The summed E-state index contributed by atoms with van der Waals surface area (Å²) in [6.45, 7) is 4.21. The van der Waals surface area contributed by atoms with Gasteiger partial charge in [0, 0.05) is 12.0 Å². The second-order valence-electron chi connectivity index (χ2n) is 2.20. The van der Waals surface area contributed by atoms with Gasteiger partial charge in [-0.15, -0.1) is 0 Å². The first-order valence-corrected chi connectivity index (χ1v) is 3.27. The van der Waals surface area contributed by atoms with Crippen LogP contribution in [0.2, 0.25) is 0 Å². The summed E-state index contributed by atoms with van der Waals surface area (Å²) >= 11 is 0. The second kappa shape index (κ2) is 2.73. The summed E-state index contributed by atoms with van der Waals surface area (Å²) in [5.74, 6) is 0.747. The average Bonchev–Trinajstić information content (AvgIpc) is 1.94. The van der Waals surface area contributed by atoms with Gasteiger partial charge in [-0.3, -0.25) is 0 Å². The van der Waals surface area contributed by atoms with E-state index in [2.05, 4.69) is 4.74 Å². The number of allylic oxidation sites excluding steroid dienone is 1. The van der Waals surface area contributed by atoms with Crippen LogP contribution in [0, 0.1) is 0 Å². The molecule has 0 radical (unpaired) electrons. The largest absolute Gasteiger partial charge is 0.513 e. The van der Waals surface area contributed by atoms with E-state index in [1.807, 2.05) is 13.8 Å². The number of cyclic esters (lactones) is 2. The molecule has 0 saturated carbocycles. The molecule has 1 heterocycles. The van der Waals surface area contributed by atoms with E-state index in [1.54, 1.807) is 0 Å². The Morgan fingerprint density at radius 3 is 2.80 bits per heavy atom. The third-order valence-corrected chi connectivity index (χ3v) is 1.41. The van der Waals surface area contributed by atoms with Crippen LogP contribution in [-0.2, 0) is 9.47 Å². The van der Waals surface area contributed by atoms with E-state index in [9.17, 15) is 4.79 Å². The number of carbonyl (C=O) groups excluding carboxylic acids is 1. The molecule has 0 fully saturated rings. The zero-order valence-corrected chi connectivity index (χ0v) is 6.14. The summed E-state index contributed by atoms with van der Waals surface area (Å²) in [5.41, 5.74) is 1.00. The second-order valence-corrected chi connectivity index (χ2v) is 2.20. The van der Waals surface area contributed by atoms with Crippen molar-refractivity contribution < 1.29 is 14.3 Å². The highest BCUT2D eigenvalue weighted by atomic mass is 16.7. The molecule has 1 aliphatic rings. The molecule has 10 heavy (non-hydrogen) atoms. The Bertz CT molecular complexity index is 181. The number of hydrogen-bond donors (Lipinski definition) is 0. The summed E-state index contributed by atoms with van der Waals surface area (Å²) in [6, 6.07) is 0. The summed E-state index contributed by atoms with van der Waals surface area (Å²) in [4.78, 5) is 10.5. The summed E-state index contributed by atoms with van der Waals surface area (Å²) < 4.78 is 9.37. The summed E-state index contributed by atoms with van der Waals surface area (Å²) in [7, 11) is 0. The van der Waals surface area contributed by atoms with Crippen LogP contribution in [0.25, 0.3) is 0 Å². The molecule has 0 unspecified atom stereocenters. The highest BCUT2D eigenvalue weighted by Gasteiger charge is 2.16. The molecule has 0 aromatic heterocycles. The van der Waals surface area contributed by atoms with Crippen molar-refractivity contribution in [1.29, 1.82) is 0 Å². The van der Waals surface area contributed by atoms with Crippen molar-refractivity contribution in [2.45, 2.75) is 20.3 Å². The molecule has 0 aliphatic carbocycles. The van der Waals surface area contributed by atoms with Crippen molar-refractivity contribution in [3.05, 3.63) is 11.3 Å². The van der Waals surface area contributed by atoms with Gasteiger partial charge >= 0.3 is 6.16 Å². The van der Waals surface area contributed by atoms with Crippen LogP contribution in [0.4, 0.5) is 4.79 Å². The van der Waals surface area contributed by atoms with Crippen LogP contribution < -0.4 is 0 Å². The number of rotatable bonds is 1. The fraction of sp³-hybridized carbons (Fsp3) is 0.571. The van der Waals surface area contributed by atoms with Crippen molar-refractivity contribution in [1.82, 2.24) is 0 Å². The molecule has 0 N–H and O–H groups in total. The van der Waals surface area contributed by atoms with Gasteiger partial charge in [-0.25, -0.2) is 4.79 Å². The normalized spacial score (nSPS) is 18.4. The minimum absolute atomic E-state index is 0.377. The van der Waals surface area contributed by atoms with Crippen LogP contribution in [0.5, 0.6) is 0 Å². The van der Waals surface area contributed by atoms with E-state index >= 15 is 0 Å². The van der Waals surface area contributed by atoms with Gasteiger partial charge in [0.15, 0.2) is 0 Å². The zero-order valence-electron chi connectivity index (χ0n) is 6.14. The third kappa shape index (κ3) is 1.29. The highest BCUT2D eigenvalue weighted by molar-refractivity contribution is 5.63. The molecule has 0 atom stereocenters. The Labute approximate surface area is 59.6 Å². The number of ether oxygens (including phenoxy) is 2. The molecule has 0 bridgehead atoms. The molecule has 0 saturated heterocycles. The van der Waals surface area contributed by atoms with Gasteiger partial charge in [0.1, 0.15) is 12.4 Å². The quantitative estimate of drug-likeness (QED) is 0.524. The lowest BCUT2D eigenvalue weighted by atomic mass is 10.2. The maximum Gasteiger partial charge on any atom is 0.513 e. The number of carbonyl (C=O) groups is 1. The Balaban J connectivity index is 2.72. The molecule has 1 aliphatic heterocycles. The van der Waals surface area contributed by atoms with Crippen molar-refractivity contribution >= 4 is 6.16 Å². The van der Waals surface area contributed by atoms with E-state index in [0.717, 1.165) is 17.8 Å². The minimum atomic E-state index is -0.581. The minimum Gasteiger partial charge on any atom is -0.429 e. The monoisotopic (exact) mass is 142 g/mol. The van der Waals surface area contributed by atoms with Gasteiger partial charge in [-0.1, -0.05) is 6.92 Å². The Morgan fingerprint density at radius 2 is 2.30 bits per heavy atom. The first-order chi connectivity index (χ1) is 4.74. The van der Waals surface area contributed by atoms with E-state index in [4.69, 9.17) is 4.74 Å². The first-order valence-electron chi connectivity index (χ1n) is 3.27. The van der Waals surface area contributed by atoms with Gasteiger partial charge in [0.2, 0.25) is 0 Å². The fourth-order valence-electron chi connectivity index (χ4n) is 0.839. The first kappa shape index (κ1) is 7.12. The van der Waals surface area contributed by atoms with Crippen LogP contribution in [-0.4, -0.2) is 12.8 Å². The predicted octanol–water partition coefficient (Wildman–Crippen LogP) is 1.84. The molecule has 3 heteroatoms. The maximum atomic E-state index is 10.5. The van der Waals surface area contributed by atoms with Crippen LogP contribution in [0.3, 0.4) is 0 Å². The van der Waals surface area contributed by atoms with Gasteiger partial charge in [0.05, 0.1) is 0 Å². The smallest absolute Gasteiger partial charge is 0.429 e. The lowest BCUT2D eigenvalue weighted by Crippen LogP contribution is -2.16. The van der Waals surface area contributed by atoms with Gasteiger partial charge in [-0.05, 0) is 6.92 Å². The highest BCUT2D eigenvalue weighted by Crippen LogP contribution is 2.16. The van der Waals surface area contributed by atoms with Crippen molar-refractivity contribution in [3.63, 3.8) is 0 Å². The maximum absolute atomic E-state index is 10.5. The molecule has 3 nitrogen and oxygen atoms in total. The molecular formula is C7H10O3. The van der Waals surface area contributed by atoms with Crippen molar-refractivity contribution in [2.75, 3.05) is 6.61 Å².